The van der Waals surface area contributed by atoms with Crippen molar-refractivity contribution in [1.82, 2.24) is 9.78 Å². The maximum absolute atomic E-state index is 9.13. The van der Waals surface area contributed by atoms with Gasteiger partial charge in [-0.2, -0.15) is 10.4 Å². The Labute approximate surface area is 196 Å². The average molecular weight is 436 g/mol. The van der Waals surface area contributed by atoms with E-state index in [-0.39, 0.29) is 0 Å². The van der Waals surface area contributed by atoms with Crippen LogP contribution in [0.1, 0.15) is 103 Å². The van der Waals surface area contributed by atoms with Gasteiger partial charge in [-0.05, 0) is 104 Å². The van der Waals surface area contributed by atoms with E-state index in [0.29, 0.717) is 16.9 Å². The summed E-state index contributed by atoms with van der Waals surface area (Å²) in [4.78, 5) is 0. The second kappa shape index (κ2) is 9.15. The SMILES string of the molecule is CCCC[C@H]1CC[C@@H]2C3CC[C@@]4(C)C(CCC4[C@@H](C)Cn4cc(C#N)cn4)[C@@H]3CC[C@@H]2C1. The number of rotatable bonds is 6. The second-order valence-electron chi connectivity index (χ2n) is 12.5. The molecule has 0 amide bonds. The first-order chi connectivity index (χ1) is 15.5. The molecule has 9 atom stereocenters. The van der Waals surface area contributed by atoms with Crippen LogP contribution in [0.3, 0.4) is 0 Å². The lowest BCUT2D eigenvalue weighted by Crippen LogP contribution is -2.49. The lowest BCUT2D eigenvalue weighted by Gasteiger charge is -2.57. The summed E-state index contributed by atoms with van der Waals surface area (Å²) < 4.78 is 2.02. The van der Waals surface area contributed by atoms with Gasteiger partial charge in [0.05, 0.1) is 11.8 Å². The highest BCUT2D eigenvalue weighted by Gasteiger charge is 2.57. The Morgan fingerprint density at radius 3 is 2.75 bits per heavy atom. The van der Waals surface area contributed by atoms with Crippen molar-refractivity contribution < 1.29 is 0 Å². The molecule has 0 aromatic carbocycles. The predicted molar refractivity (Wildman–Crippen MR) is 130 cm³/mol. The van der Waals surface area contributed by atoms with Gasteiger partial charge in [0.1, 0.15) is 6.07 Å². The van der Waals surface area contributed by atoms with Crippen LogP contribution < -0.4 is 0 Å². The molecule has 1 aromatic rings. The zero-order chi connectivity index (χ0) is 22.3. The Bertz CT molecular complexity index is 821. The molecule has 0 spiro atoms. The molecule has 5 rings (SSSR count). The van der Waals surface area contributed by atoms with Gasteiger partial charge in [0.15, 0.2) is 0 Å². The Hall–Kier alpha value is -1.30. The molecule has 0 saturated heterocycles. The molecular formula is C29H45N3. The molecule has 0 radical (unpaired) electrons. The van der Waals surface area contributed by atoms with E-state index in [9.17, 15) is 0 Å². The fraction of sp³-hybridized carbons (Fsp3) is 0.862. The van der Waals surface area contributed by atoms with Gasteiger partial charge in [-0.25, -0.2) is 0 Å². The molecule has 32 heavy (non-hydrogen) atoms. The molecule has 176 valence electrons. The van der Waals surface area contributed by atoms with Gasteiger partial charge in [-0.3, -0.25) is 4.68 Å². The zero-order valence-corrected chi connectivity index (χ0v) is 20.8. The molecule has 3 nitrogen and oxygen atoms in total. The smallest absolute Gasteiger partial charge is 0.102 e. The van der Waals surface area contributed by atoms with Gasteiger partial charge in [0.2, 0.25) is 0 Å². The highest BCUT2D eigenvalue weighted by atomic mass is 15.3. The van der Waals surface area contributed by atoms with Gasteiger partial charge in [0, 0.05) is 12.7 Å². The Kier molecular flexibility index (Phi) is 6.43. The summed E-state index contributed by atoms with van der Waals surface area (Å²) in [5.74, 6) is 7.61. The number of nitrogens with zero attached hydrogens (tertiary/aromatic N) is 3. The third-order valence-corrected chi connectivity index (χ3v) is 11.0. The van der Waals surface area contributed by atoms with Crippen LogP contribution in [0.4, 0.5) is 0 Å². The maximum atomic E-state index is 9.13. The lowest BCUT2D eigenvalue weighted by atomic mass is 9.48. The molecule has 0 N–H and O–H groups in total. The number of fused-ring (bicyclic) bond motifs is 5. The number of hydrogen-bond donors (Lipinski definition) is 0. The minimum atomic E-state index is 0.525. The molecule has 4 saturated carbocycles. The second-order valence-corrected chi connectivity index (χ2v) is 12.5. The largest absolute Gasteiger partial charge is 0.271 e. The molecule has 0 aliphatic heterocycles. The fourth-order valence-electron chi connectivity index (χ4n) is 9.62. The summed E-state index contributed by atoms with van der Waals surface area (Å²) in [6.45, 7) is 8.43. The van der Waals surface area contributed by atoms with Crippen LogP contribution in [0, 0.1) is 64.1 Å². The quantitative estimate of drug-likeness (QED) is 0.465. The summed E-state index contributed by atoms with van der Waals surface area (Å²) in [5, 5.41) is 13.6. The van der Waals surface area contributed by atoms with E-state index < -0.39 is 0 Å². The van der Waals surface area contributed by atoms with E-state index in [1.165, 1.54) is 64.2 Å². The van der Waals surface area contributed by atoms with E-state index >= 15 is 0 Å². The minimum absolute atomic E-state index is 0.525. The lowest BCUT2D eigenvalue weighted by molar-refractivity contribution is -0.0750. The normalized spacial score (nSPS) is 41.9. The minimum Gasteiger partial charge on any atom is -0.271 e. The van der Waals surface area contributed by atoms with Gasteiger partial charge in [-0.15, -0.1) is 0 Å². The topological polar surface area (TPSA) is 41.6 Å². The Morgan fingerprint density at radius 1 is 1.12 bits per heavy atom. The van der Waals surface area contributed by atoms with Gasteiger partial charge >= 0.3 is 0 Å². The van der Waals surface area contributed by atoms with Crippen LogP contribution >= 0.6 is 0 Å². The van der Waals surface area contributed by atoms with Crippen LogP contribution in [-0.2, 0) is 6.54 Å². The van der Waals surface area contributed by atoms with Crippen LogP contribution in [-0.4, -0.2) is 9.78 Å². The van der Waals surface area contributed by atoms with Crippen molar-refractivity contribution in [3.63, 3.8) is 0 Å². The van der Waals surface area contributed by atoms with E-state index in [4.69, 9.17) is 5.26 Å². The van der Waals surface area contributed by atoms with Crippen molar-refractivity contribution in [3.05, 3.63) is 18.0 Å². The van der Waals surface area contributed by atoms with Crippen molar-refractivity contribution in [2.24, 2.45) is 52.8 Å². The first kappa shape index (κ1) is 22.5. The van der Waals surface area contributed by atoms with E-state index in [1.54, 1.807) is 19.0 Å². The van der Waals surface area contributed by atoms with E-state index in [0.717, 1.165) is 48.0 Å². The summed E-state index contributed by atoms with van der Waals surface area (Å²) in [5.41, 5.74) is 1.21. The van der Waals surface area contributed by atoms with Crippen LogP contribution in [0.5, 0.6) is 0 Å². The monoisotopic (exact) mass is 435 g/mol. The molecule has 4 fully saturated rings. The predicted octanol–water partition coefficient (Wildman–Crippen LogP) is 7.47. The fourth-order valence-corrected chi connectivity index (χ4v) is 9.62. The Balaban J connectivity index is 1.24. The van der Waals surface area contributed by atoms with Crippen LogP contribution in [0.2, 0.25) is 0 Å². The van der Waals surface area contributed by atoms with Crippen LogP contribution in [0.25, 0.3) is 0 Å². The molecule has 3 unspecified atom stereocenters. The molecule has 4 aliphatic carbocycles. The molecule has 1 heterocycles. The molecule has 3 heteroatoms. The third kappa shape index (κ3) is 3.95. The third-order valence-electron chi connectivity index (χ3n) is 11.0. The molecule has 1 aromatic heterocycles. The van der Waals surface area contributed by atoms with Gasteiger partial charge in [0.25, 0.3) is 0 Å². The number of hydrogen-bond acceptors (Lipinski definition) is 2. The summed E-state index contributed by atoms with van der Waals surface area (Å²) in [6, 6.07) is 2.23. The average Bonchev–Trinajstić information content (AvgIpc) is 3.40. The standard InChI is InChI=1S/C29H45N3/c1-4-5-6-21-7-9-24-23(15-21)8-10-26-25(24)13-14-29(3)27(11-12-28(26)29)20(2)18-32-19-22(16-30)17-31-32/h17,19-21,23-28H,4-15,18H2,1-3H3/t20-,21-,23+,24-,25?,26+,27?,28?,29+/m0/s1. The van der Waals surface area contributed by atoms with Crippen LogP contribution in [0.15, 0.2) is 12.4 Å². The van der Waals surface area contributed by atoms with E-state index in [2.05, 4.69) is 31.9 Å². The summed E-state index contributed by atoms with van der Waals surface area (Å²) in [6.07, 6.45) is 21.5. The Morgan fingerprint density at radius 2 is 1.97 bits per heavy atom. The summed E-state index contributed by atoms with van der Waals surface area (Å²) in [7, 11) is 0. The van der Waals surface area contributed by atoms with Gasteiger partial charge in [-0.1, -0.05) is 46.5 Å². The highest BCUT2D eigenvalue weighted by Crippen LogP contribution is 2.65. The van der Waals surface area contributed by atoms with Crippen molar-refractivity contribution in [1.29, 1.82) is 5.26 Å². The van der Waals surface area contributed by atoms with E-state index in [1.807, 2.05) is 10.9 Å². The molecule has 4 aliphatic rings. The number of aromatic nitrogens is 2. The molecular weight excluding hydrogens is 390 g/mol. The number of nitriles is 1. The first-order valence-electron chi connectivity index (χ1n) is 14.0. The highest BCUT2D eigenvalue weighted by molar-refractivity contribution is 5.21. The van der Waals surface area contributed by atoms with Crippen molar-refractivity contribution in [3.8, 4) is 6.07 Å². The first-order valence-corrected chi connectivity index (χ1v) is 14.0. The summed E-state index contributed by atoms with van der Waals surface area (Å²) >= 11 is 0. The van der Waals surface area contributed by atoms with Crippen molar-refractivity contribution in [2.45, 2.75) is 104 Å². The maximum Gasteiger partial charge on any atom is 0.102 e. The van der Waals surface area contributed by atoms with Gasteiger partial charge < -0.3 is 0 Å². The zero-order valence-electron chi connectivity index (χ0n) is 20.8. The molecule has 0 bridgehead atoms. The van der Waals surface area contributed by atoms with Crippen molar-refractivity contribution >= 4 is 0 Å². The van der Waals surface area contributed by atoms with Crippen molar-refractivity contribution in [2.75, 3.05) is 0 Å². The number of unbranched alkanes of at least 4 members (excludes halogenated alkanes) is 1.